The molecule has 0 bridgehead atoms. The summed E-state index contributed by atoms with van der Waals surface area (Å²) in [5.74, 6) is -0.528. The summed E-state index contributed by atoms with van der Waals surface area (Å²) in [7, 11) is -4.01. The van der Waals surface area contributed by atoms with Crippen LogP contribution in [0.1, 0.15) is 30.5 Å². The Morgan fingerprint density at radius 3 is 2.37 bits per heavy atom. The maximum atomic E-state index is 13.4. The predicted molar refractivity (Wildman–Crippen MR) is 137 cm³/mol. The Balaban J connectivity index is 1.60. The van der Waals surface area contributed by atoms with Gasteiger partial charge in [0.2, 0.25) is 21.8 Å². The van der Waals surface area contributed by atoms with Crippen LogP contribution >= 0.6 is 0 Å². The van der Waals surface area contributed by atoms with Gasteiger partial charge in [0.05, 0.1) is 4.90 Å². The van der Waals surface area contributed by atoms with Crippen molar-refractivity contribution in [1.29, 1.82) is 0 Å². The van der Waals surface area contributed by atoms with E-state index in [0.717, 1.165) is 22.4 Å². The van der Waals surface area contributed by atoms with Gasteiger partial charge in [-0.15, -0.1) is 0 Å². The first-order valence-corrected chi connectivity index (χ1v) is 13.0. The van der Waals surface area contributed by atoms with Gasteiger partial charge in [-0.25, -0.2) is 8.42 Å². The van der Waals surface area contributed by atoms with Crippen molar-refractivity contribution in [1.82, 2.24) is 4.72 Å². The zero-order chi connectivity index (χ0) is 25.2. The first kappa shape index (κ1) is 24.6. The van der Waals surface area contributed by atoms with Crippen molar-refractivity contribution in [2.24, 2.45) is 0 Å². The zero-order valence-corrected chi connectivity index (χ0v) is 20.8. The summed E-state index contributed by atoms with van der Waals surface area (Å²) in [6.07, 6.45) is 0.761. The average molecular weight is 492 g/mol. The van der Waals surface area contributed by atoms with E-state index in [1.165, 1.54) is 13.0 Å². The number of anilines is 2. The first-order chi connectivity index (χ1) is 16.6. The molecule has 3 aromatic rings. The van der Waals surface area contributed by atoms with Crippen LogP contribution in [0.15, 0.2) is 77.7 Å². The molecular weight excluding hydrogens is 462 g/mol. The minimum Gasteiger partial charge on any atom is -0.325 e. The molecule has 0 spiro atoms. The van der Waals surface area contributed by atoms with E-state index in [2.05, 4.69) is 10.0 Å². The Morgan fingerprint density at radius 1 is 1.03 bits per heavy atom. The van der Waals surface area contributed by atoms with Crippen molar-refractivity contribution in [3.63, 3.8) is 0 Å². The summed E-state index contributed by atoms with van der Waals surface area (Å²) in [6.45, 7) is 5.38. The maximum Gasteiger partial charge on any atom is 0.242 e. The van der Waals surface area contributed by atoms with Crippen molar-refractivity contribution in [3.8, 4) is 0 Å². The quantitative estimate of drug-likeness (QED) is 0.525. The second-order valence-electron chi connectivity index (χ2n) is 8.95. The molecule has 1 aliphatic heterocycles. The lowest BCUT2D eigenvalue weighted by Crippen LogP contribution is -2.45. The number of benzene rings is 3. The summed E-state index contributed by atoms with van der Waals surface area (Å²) in [4.78, 5) is 26.9. The van der Waals surface area contributed by atoms with Gasteiger partial charge in [0.15, 0.2) is 0 Å². The fraction of sp³-hybridized carbons (Fsp3) is 0.259. The lowest BCUT2D eigenvalue weighted by Gasteiger charge is -2.21. The molecule has 182 valence electrons. The zero-order valence-electron chi connectivity index (χ0n) is 20.0. The van der Waals surface area contributed by atoms with Crippen LogP contribution in [0, 0.1) is 6.92 Å². The van der Waals surface area contributed by atoms with Crippen LogP contribution in [-0.2, 0) is 32.5 Å². The summed E-state index contributed by atoms with van der Waals surface area (Å²) >= 11 is 0. The molecule has 2 amide bonds. The van der Waals surface area contributed by atoms with Crippen molar-refractivity contribution in [3.05, 3.63) is 89.5 Å². The van der Waals surface area contributed by atoms with Crippen LogP contribution < -0.4 is 14.9 Å². The summed E-state index contributed by atoms with van der Waals surface area (Å²) in [6, 6.07) is 20.3. The molecule has 2 atom stereocenters. The predicted octanol–water partition coefficient (Wildman–Crippen LogP) is 3.82. The summed E-state index contributed by atoms with van der Waals surface area (Å²) < 4.78 is 29.3. The van der Waals surface area contributed by atoms with E-state index in [-0.39, 0.29) is 23.3 Å². The molecule has 0 unspecified atom stereocenters. The van der Waals surface area contributed by atoms with E-state index in [1.54, 1.807) is 29.2 Å². The summed E-state index contributed by atoms with van der Waals surface area (Å²) in [5.41, 5.74) is 3.99. The molecule has 0 aliphatic carbocycles. The minimum atomic E-state index is -4.01. The second-order valence-corrected chi connectivity index (χ2v) is 10.7. The molecule has 0 saturated carbocycles. The van der Waals surface area contributed by atoms with Crippen LogP contribution in [0.3, 0.4) is 0 Å². The fourth-order valence-electron chi connectivity index (χ4n) is 4.41. The number of nitrogens with zero attached hydrogens (tertiary/aromatic N) is 1. The highest BCUT2D eigenvalue weighted by Gasteiger charge is 2.31. The van der Waals surface area contributed by atoms with Crippen molar-refractivity contribution < 1.29 is 18.0 Å². The van der Waals surface area contributed by atoms with Gasteiger partial charge >= 0.3 is 0 Å². The van der Waals surface area contributed by atoms with Crippen LogP contribution in [-0.4, -0.2) is 32.3 Å². The normalized spacial score (nSPS) is 16.0. The molecule has 8 heteroatoms. The fourth-order valence-corrected chi connectivity index (χ4v) is 5.66. The number of fused-ring (bicyclic) bond motifs is 1. The third kappa shape index (κ3) is 5.61. The number of carbonyl (C=O) groups excluding carboxylic acids is 2. The van der Waals surface area contributed by atoms with Crippen molar-refractivity contribution in [2.75, 3.05) is 10.2 Å². The van der Waals surface area contributed by atoms with Gasteiger partial charge in [-0.2, -0.15) is 4.72 Å². The molecule has 0 fully saturated rings. The Hall–Kier alpha value is -3.49. The molecule has 7 nitrogen and oxygen atoms in total. The SMILES string of the molecule is CC(=O)N1c2ccc(S(=O)(=O)N[C@@H](Cc3ccccc3)C(=O)Nc3ccc(C)cc3)cc2C[C@@H]1C. The molecule has 3 aromatic carbocycles. The minimum absolute atomic E-state index is 0.0421. The third-order valence-electron chi connectivity index (χ3n) is 6.13. The molecular formula is C27H29N3O4S. The number of nitrogens with one attached hydrogen (secondary N) is 2. The van der Waals surface area contributed by atoms with Gasteiger partial charge in [0.1, 0.15) is 6.04 Å². The number of hydrogen-bond donors (Lipinski definition) is 2. The van der Waals surface area contributed by atoms with E-state index in [9.17, 15) is 18.0 Å². The Kier molecular flexibility index (Phi) is 7.05. The highest BCUT2D eigenvalue weighted by Crippen LogP contribution is 2.34. The molecule has 4 rings (SSSR count). The number of hydrogen-bond acceptors (Lipinski definition) is 4. The van der Waals surface area contributed by atoms with Crippen LogP contribution in [0.5, 0.6) is 0 Å². The molecule has 1 heterocycles. The Morgan fingerprint density at radius 2 is 1.71 bits per heavy atom. The average Bonchev–Trinajstić information content (AvgIpc) is 3.15. The molecule has 35 heavy (non-hydrogen) atoms. The largest absolute Gasteiger partial charge is 0.325 e. The number of aryl methyl sites for hydroxylation is 1. The second kappa shape index (κ2) is 10.0. The highest BCUT2D eigenvalue weighted by atomic mass is 32.2. The van der Waals surface area contributed by atoms with Gasteiger partial charge in [-0.3, -0.25) is 9.59 Å². The van der Waals surface area contributed by atoms with E-state index in [4.69, 9.17) is 0 Å². The van der Waals surface area contributed by atoms with Gasteiger partial charge < -0.3 is 10.2 Å². The lowest BCUT2D eigenvalue weighted by molar-refractivity contribution is -0.118. The number of carbonyl (C=O) groups is 2. The van der Waals surface area contributed by atoms with E-state index >= 15 is 0 Å². The Labute approximate surface area is 206 Å². The van der Waals surface area contributed by atoms with E-state index in [1.807, 2.05) is 56.3 Å². The smallest absolute Gasteiger partial charge is 0.242 e. The van der Waals surface area contributed by atoms with Crippen molar-refractivity contribution in [2.45, 2.75) is 50.6 Å². The van der Waals surface area contributed by atoms with Crippen LogP contribution in [0.25, 0.3) is 0 Å². The standard InChI is InChI=1S/C27H29N3O4S/c1-18-9-11-23(12-10-18)28-27(32)25(16-21-7-5-4-6-8-21)29-35(33,34)24-13-14-26-22(17-24)15-19(2)30(26)20(3)31/h4-14,17,19,25,29H,15-16H2,1-3H3,(H,28,32)/t19-,25-/m0/s1. The molecule has 1 aliphatic rings. The molecule has 0 radical (unpaired) electrons. The highest BCUT2D eigenvalue weighted by molar-refractivity contribution is 7.89. The molecule has 0 aromatic heterocycles. The van der Waals surface area contributed by atoms with Crippen LogP contribution in [0.4, 0.5) is 11.4 Å². The molecule has 2 N–H and O–H groups in total. The monoisotopic (exact) mass is 491 g/mol. The van der Waals surface area contributed by atoms with E-state index < -0.39 is 22.0 Å². The summed E-state index contributed by atoms with van der Waals surface area (Å²) in [5, 5.41) is 2.82. The van der Waals surface area contributed by atoms with Gasteiger partial charge in [0, 0.05) is 24.3 Å². The maximum absolute atomic E-state index is 13.4. The number of amides is 2. The topological polar surface area (TPSA) is 95.6 Å². The molecule has 0 saturated heterocycles. The first-order valence-electron chi connectivity index (χ1n) is 11.5. The lowest BCUT2D eigenvalue weighted by atomic mass is 10.1. The number of rotatable bonds is 7. The Bertz CT molecular complexity index is 1340. The van der Waals surface area contributed by atoms with E-state index in [0.29, 0.717) is 12.1 Å². The van der Waals surface area contributed by atoms with Gasteiger partial charge in [0.25, 0.3) is 0 Å². The third-order valence-corrected chi connectivity index (χ3v) is 7.60. The van der Waals surface area contributed by atoms with Crippen molar-refractivity contribution >= 4 is 33.2 Å². The van der Waals surface area contributed by atoms with Gasteiger partial charge in [-0.1, -0.05) is 48.0 Å². The van der Waals surface area contributed by atoms with Crippen LogP contribution in [0.2, 0.25) is 0 Å². The number of sulfonamides is 1. The van der Waals surface area contributed by atoms with Gasteiger partial charge in [-0.05, 0) is 68.1 Å².